The van der Waals surface area contributed by atoms with E-state index in [0.717, 1.165) is 19.0 Å². The third-order valence-corrected chi connectivity index (χ3v) is 4.17. The Kier molecular flexibility index (Phi) is 6.58. The number of halogens is 1. The van der Waals surface area contributed by atoms with Crippen LogP contribution in [0.4, 0.5) is 4.39 Å². The van der Waals surface area contributed by atoms with Gasteiger partial charge in [0, 0.05) is 13.1 Å². The zero-order valence-electron chi connectivity index (χ0n) is 12.5. The SMILES string of the molecule is CC(OCCF)N1CCCC(C(C)(C)C)CCC1. The molecule has 1 saturated heterocycles. The van der Waals surface area contributed by atoms with Crippen molar-refractivity contribution in [1.29, 1.82) is 0 Å². The first-order valence-corrected chi connectivity index (χ1v) is 7.36. The Labute approximate surface area is 112 Å². The number of alkyl halides is 1. The maximum Gasteiger partial charge on any atom is 0.113 e. The number of ether oxygens (including phenoxy) is 1. The van der Waals surface area contributed by atoms with Gasteiger partial charge in [-0.05, 0) is 43.9 Å². The average molecular weight is 259 g/mol. The van der Waals surface area contributed by atoms with E-state index in [1.807, 2.05) is 6.92 Å². The molecular formula is C15H30FNO. The lowest BCUT2D eigenvalue weighted by Crippen LogP contribution is -2.39. The molecule has 108 valence electrons. The van der Waals surface area contributed by atoms with Crippen LogP contribution in [-0.2, 0) is 4.74 Å². The van der Waals surface area contributed by atoms with Crippen LogP contribution < -0.4 is 0 Å². The van der Waals surface area contributed by atoms with Gasteiger partial charge in [-0.3, -0.25) is 4.90 Å². The molecule has 0 saturated carbocycles. The summed E-state index contributed by atoms with van der Waals surface area (Å²) in [6, 6.07) is 0. The predicted octanol–water partition coefficient (Wildman–Crippen LogP) is 3.86. The summed E-state index contributed by atoms with van der Waals surface area (Å²) in [5, 5.41) is 0. The van der Waals surface area contributed by atoms with Crippen molar-refractivity contribution in [3.63, 3.8) is 0 Å². The second kappa shape index (κ2) is 7.44. The number of likely N-dealkylation sites (tertiary alicyclic amines) is 1. The van der Waals surface area contributed by atoms with Crippen molar-refractivity contribution < 1.29 is 9.13 Å². The van der Waals surface area contributed by atoms with Gasteiger partial charge in [0.25, 0.3) is 0 Å². The van der Waals surface area contributed by atoms with Gasteiger partial charge in [0.05, 0.1) is 6.61 Å². The highest BCUT2D eigenvalue weighted by Crippen LogP contribution is 2.34. The largest absolute Gasteiger partial charge is 0.361 e. The van der Waals surface area contributed by atoms with Crippen LogP contribution in [0.15, 0.2) is 0 Å². The highest BCUT2D eigenvalue weighted by atomic mass is 19.1. The van der Waals surface area contributed by atoms with Crippen LogP contribution >= 0.6 is 0 Å². The summed E-state index contributed by atoms with van der Waals surface area (Å²) in [4.78, 5) is 2.36. The van der Waals surface area contributed by atoms with Gasteiger partial charge in [0.1, 0.15) is 12.9 Å². The fourth-order valence-electron chi connectivity index (χ4n) is 2.89. The van der Waals surface area contributed by atoms with Crippen molar-refractivity contribution in [2.24, 2.45) is 11.3 Å². The minimum Gasteiger partial charge on any atom is -0.361 e. The van der Waals surface area contributed by atoms with Crippen LogP contribution in [-0.4, -0.2) is 37.5 Å². The number of hydrogen-bond donors (Lipinski definition) is 0. The van der Waals surface area contributed by atoms with Gasteiger partial charge < -0.3 is 4.74 Å². The standard InChI is InChI=1S/C15H30FNO/c1-13(18-12-9-16)17-10-5-7-14(8-6-11-17)15(2,3)4/h13-14H,5-12H2,1-4H3. The van der Waals surface area contributed by atoms with Gasteiger partial charge in [0.2, 0.25) is 0 Å². The van der Waals surface area contributed by atoms with Crippen molar-refractivity contribution in [3.05, 3.63) is 0 Å². The van der Waals surface area contributed by atoms with E-state index in [0.29, 0.717) is 5.41 Å². The van der Waals surface area contributed by atoms with Crippen molar-refractivity contribution in [2.45, 2.75) is 59.6 Å². The molecule has 18 heavy (non-hydrogen) atoms. The molecule has 1 heterocycles. The topological polar surface area (TPSA) is 12.5 Å². The molecule has 1 fully saturated rings. The summed E-state index contributed by atoms with van der Waals surface area (Å²) in [7, 11) is 0. The quantitative estimate of drug-likeness (QED) is 0.760. The number of nitrogens with zero attached hydrogens (tertiary/aromatic N) is 1. The summed E-state index contributed by atoms with van der Waals surface area (Å²) < 4.78 is 17.6. The van der Waals surface area contributed by atoms with Crippen molar-refractivity contribution in [3.8, 4) is 0 Å². The molecule has 1 aliphatic rings. The monoisotopic (exact) mass is 259 g/mol. The van der Waals surface area contributed by atoms with E-state index in [-0.39, 0.29) is 19.5 Å². The second-order valence-corrected chi connectivity index (χ2v) is 6.54. The molecular weight excluding hydrogens is 229 g/mol. The molecule has 0 aromatic carbocycles. The average Bonchev–Trinajstić information content (AvgIpc) is 2.23. The van der Waals surface area contributed by atoms with Gasteiger partial charge in [-0.25, -0.2) is 4.39 Å². The predicted molar refractivity (Wildman–Crippen MR) is 74.4 cm³/mol. The van der Waals surface area contributed by atoms with E-state index in [2.05, 4.69) is 25.7 Å². The van der Waals surface area contributed by atoms with Gasteiger partial charge in [-0.15, -0.1) is 0 Å². The smallest absolute Gasteiger partial charge is 0.113 e. The van der Waals surface area contributed by atoms with Crippen LogP contribution in [0.1, 0.15) is 53.4 Å². The zero-order valence-corrected chi connectivity index (χ0v) is 12.5. The maximum absolute atomic E-state index is 12.1. The van der Waals surface area contributed by atoms with E-state index in [1.165, 1.54) is 25.7 Å². The molecule has 0 aromatic rings. The van der Waals surface area contributed by atoms with Crippen molar-refractivity contribution >= 4 is 0 Å². The number of rotatable bonds is 4. The Hall–Kier alpha value is -0.150. The molecule has 1 aliphatic heterocycles. The van der Waals surface area contributed by atoms with E-state index in [1.54, 1.807) is 0 Å². The van der Waals surface area contributed by atoms with Crippen LogP contribution in [0, 0.1) is 11.3 Å². The van der Waals surface area contributed by atoms with Crippen LogP contribution in [0.3, 0.4) is 0 Å². The Morgan fingerprint density at radius 1 is 1.22 bits per heavy atom. The summed E-state index contributed by atoms with van der Waals surface area (Å²) in [6.07, 6.45) is 5.12. The van der Waals surface area contributed by atoms with Crippen LogP contribution in [0.25, 0.3) is 0 Å². The molecule has 0 N–H and O–H groups in total. The van der Waals surface area contributed by atoms with Gasteiger partial charge in [-0.2, -0.15) is 0 Å². The first kappa shape index (κ1) is 15.9. The van der Waals surface area contributed by atoms with Crippen molar-refractivity contribution in [2.75, 3.05) is 26.4 Å². The molecule has 3 heteroatoms. The summed E-state index contributed by atoms with van der Waals surface area (Å²) in [6.45, 7) is 11.1. The van der Waals surface area contributed by atoms with Gasteiger partial charge >= 0.3 is 0 Å². The zero-order chi connectivity index (χ0) is 13.6. The maximum atomic E-state index is 12.1. The number of hydrogen-bond acceptors (Lipinski definition) is 2. The molecule has 0 radical (unpaired) electrons. The molecule has 0 spiro atoms. The Balaban J connectivity index is 2.38. The highest BCUT2D eigenvalue weighted by molar-refractivity contribution is 4.77. The molecule has 0 aromatic heterocycles. The highest BCUT2D eigenvalue weighted by Gasteiger charge is 2.26. The second-order valence-electron chi connectivity index (χ2n) is 6.54. The molecule has 0 aliphatic carbocycles. The minimum atomic E-state index is -0.385. The third-order valence-electron chi connectivity index (χ3n) is 4.17. The summed E-state index contributed by atoms with van der Waals surface area (Å²) in [5.74, 6) is 0.835. The Morgan fingerprint density at radius 2 is 1.78 bits per heavy atom. The fraction of sp³-hybridized carbons (Fsp3) is 1.00. The fourth-order valence-corrected chi connectivity index (χ4v) is 2.89. The lowest BCUT2D eigenvalue weighted by Gasteiger charge is -2.36. The molecule has 2 nitrogen and oxygen atoms in total. The van der Waals surface area contributed by atoms with E-state index in [4.69, 9.17) is 4.74 Å². The Morgan fingerprint density at radius 3 is 2.22 bits per heavy atom. The molecule has 1 atom stereocenters. The first-order valence-electron chi connectivity index (χ1n) is 7.36. The van der Waals surface area contributed by atoms with E-state index < -0.39 is 0 Å². The molecule has 1 unspecified atom stereocenters. The van der Waals surface area contributed by atoms with Crippen molar-refractivity contribution in [1.82, 2.24) is 4.90 Å². The molecule has 0 bridgehead atoms. The van der Waals surface area contributed by atoms with E-state index in [9.17, 15) is 4.39 Å². The lowest BCUT2D eigenvalue weighted by molar-refractivity contribution is -0.0565. The van der Waals surface area contributed by atoms with Gasteiger partial charge in [-0.1, -0.05) is 20.8 Å². The summed E-state index contributed by atoms with van der Waals surface area (Å²) in [5.41, 5.74) is 0.429. The molecule has 0 amide bonds. The summed E-state index contributed by atoms with van der Waals surface area (Å²) >= 11 is 0. The van der Waals surface area contributed by atoms with Gasteiger partial charge in [0.15, 0.2) is 0 Å². The normalized spacial score (nSPS) is 22.5. The Bertz CT molecular complexity index is 217. The third kappa shape index (κ3) is 5.23. The minimum absolute atomic E-state index is 0.0620. The van der Waals surface area contributed by atoms with Crippen LogP contribution in [0.5, 0.6) is 0 Å². The van der Waals surface area contributed by atoms with E-state index >= 15 is 0 Å². The van der Waals surface area contributed by atoms with Crippen LogP contribution in [0.2, 0.25) is 0 Å². The lowest BCUT2D eigenvalue weighted by atomic mass is 9.75. The first-order chi connectivity index (χ1) is 8.45. The molecule has 1 rings (SSSR count).